The first-order valence-electron chi connectivity index (χ1n) is 8.77. The van der Waals surface area contributed by atoms with Crippen LogP contribution in [0.2, 0.25) is 0 Å². The Bertz CT molecular complexity index is 1250. The van der Waals surface area contributed by atoms with Gasteiger partial charge in [-0.15, -0.1) is 11.3 Å². The van der Waals surface area contributed by atoms with Crippen LogP contribution in [0.3, 0.4) is 0 Å². The lowest BCUT2D eigenvalue weighted by molar-refractivity contribution is -0.113. The molecule has 4 rings (SSSR count). The van der Waals surface area contributed by atoms with Crippen molar-refractivity contribution in [1.82, 2.24) is 9.55 Å². The molecule has 0 aliphatic heterocycles. The molecular formula is C21H16FN3O2S2. The third kappa shape index (κ3) is 4.23. The maximum atomic E-state index is 13.1. The van der Waals surface area contributed by atoms with E-state index in [1.165, 1.54) is 47.4 Å². The molecule has 0 radical (unpaired) electrons. The number of amides is 1. The number of halogens is 1. The smallest absolute Gasteiger partial charge is 0.276 e. The molecule has 0 bridgehead atoms. The minimum absolute atomic E-state index is 0.0608. The highest BCUT2D eigenvalue weighted by Crippen LogP contribution is 2.24. The van der Waals surface area contributed by atoms with Crippen molar-refractivity contribution < 1.29 is 9.18 Å². The van der Waals surface area contributed by atoms with Gasteiger partial charge in [-0.05, 0) is 60.3 Å². The standard InChI is InChI=1S/C21H16FN3O2S2/c1-13-3-2-4-16(11-13)25-20(27)19-17(9-10-28-19)24-21(25)29-12-18(26)23-15-7-5-14(22)6-8-15/h2-11H,12H2,1H3,(H,23,26). The van der Waals surface area contributed by atoms with Crippen LogP contribution < -0.4 is 10.9 Å². The quantitative estimate of drug-likeness (QED) is 0.374. The second-order valence-corrected chi connectivity index (χ2v) is 8.21. The van der Waals surface area contributed by atoms with Gasteiger partial charge in [0.05, 0.1) is 17.0 Å². The molecule has 0 aliphatic rings. The number of carbonyl (C=O) groups is 1. The van der Waals surface area contributed by atoms with Gasteiger partial charge in [0.2, 0.25) is 5.91 Å². The van der Waals surface area contributed by atoms with Gasteiger partial charge in [0.1, 0.15) is 10.5 Å². The third-order valence-corrected chi connectivity index (χ3v) is 6.00. The van der Waals surface area contributed by atoms with Gasteiger partial charge in [0.25, 0.3) is 5.56 Å². The Balaban J connectivity index is 1.64. The van der Waals surface area contributed by atoms with E-state index < -0.39 is 0 Å². The number of rotatable bonds is 5. The molecule has 4 aromatic rings. The van der Waals surface area contributed by atoms with Crippen molar-refractivity contribution in [2.45, 2.75) is 12.1 Å². The number of aromatic nitrogens is 2. The molecule has 0 atom stereocenters. The van der Waals surface area contributed by atoms with Gasteiger partial charge < -0.3 is 5.32 Å². The van der Waals surface area contributed by atoms with Crippen molar-refractivity contribution in [3.05, 3.63) is 81.7 Å². The van der Waals surface area contributed by atoms with Crippen molar-refractivity contribution in [3.63, 3.8) is 0 Å². The lowest BCUT2D eigenvalue weighted by Crippen LogP contribution is -2.22. The number of hydrogen-bond donors (Lipinski definition) is 1. The molecule has 0 saturated heterocycles. The molecule has 1 N–H and O–H groups in total. The second kappa shape index (κ2) is 8.18. The molecule has 0 unspecified atom stereocenters. The Morgan fingerprint density at radius 2 is 2.00 bits per heavy atom. The van der Waals surface area contributed by atoms with E-state index in [9.17, 15) is 14.0 Å². The number of benzene rings is 2. The minimum atomic E-state index is -0.368. The fourth-order valence-corrected chi connectivity index (χ4v) is 4.42. The first-order valence-corrected chi connectivity index (χ1v) is 10.6. The Hall–Kier alpha value is -2.97. The van der Waals surface area contributed by atoms with Gasteiger partial charge in [0.15, 0.2) is 5.16 Å². The predicted molar refractivity (Wildman–Crippen MR) is 116 cm³/mol. The summed E-state index contributed by atoms with van der Waals surface area (Å²) in [6, 6.07) is 14.9. The van der Waals surface area contributed by atoms with E-state index in [0.29, 0.717) is 26.7 Å². The number of thiophene rings is 1. The topological polar surface area (TPSA) is 64.0 Å². The Kier molecular flexibility index (Phi) is 5.46. The van der Waals surface area contributed by atoms with Crippen LogP contribution >= 0.6 is 23.1 Å². The van der Waals surface area contributed by atoms with Crippen LogP contribution in [0.5, 0.6) is 0 Å². The first-order chi connectivity index (χ1) is 14.0. The first kappa shape index (κ1) is 19.4. The van der Waals surface area contributed by atoms with Crippen molar-refractivity contribution in [3.8, 4) is 5.69 Å². The summed E-state index contributed by atoms with van der Waals surface area (Å²) in [6.07, 6.45) is 0. The molecule has 1 amide bonds. The van der Waals surface area contributed by atoms with Gasteiger partial charge in [-0.1, -0.05) is 23.9 Å². The summed E-state index contributed by atoms with van der Waals surface area (Å²) in [5.74, 6) is -0.574. The molecule has 0 saturated carbocycles. The van der Waals surface area contributed by atoms with E-state index >= 15 is 0 Å². The molecular weight excluding hydrogens is 409 g/mol. The van der Waals surface area contributed by atoms with Crippen molar-refractivity contribution in [2.75, 3.05) is 11.1 Å². The maximum Gasteiger partial charge on any atom is 0.276 e. The van der Waals surface area contributed by atoms with Gasteiger partial charge in [-0.2, -0.15) is 0 Å². The summed E-state index contributed by atoms with van der Waals surface area (Å²) in [7, 11) is 0. The minimum Gasteiger partial charge on any atom is -0.325 e. The van der Waals surface area contributed by atoms with Crippen molar-refractivity contribution in [1.29, 1.82) is 0 Å². The van der Waals surface area contributed by atoms with Crippen LogP contribution in [-0.4, -0.2) is 21.2 Å². The molecule has 29 heavy (non-hydrogen) atoms. The number of fused-ring (bicyclic) bond motifs is 1. The number of nitrogens with one attached hydrogen (secondary N) is 1. The average Bonchev–Trinajstić information content (AvgIpc) is 3.17. The molecule has 0 spiro atoms. The van der Waals surface area contributed by atoms with Gasteiger partial charge in [-0.25, -0.2) is 9.37 Å². The van der Waals surface area contributed by atoms with Crippen LogP contribution in [0.25, 0.3) is 15.9 Å². The van der Waals surface area contributed by atoms with E-state index in [0.717, 1.165) is 5.56 Å². The highest BCUT2D eigenvalue weighted by atomic mass is 32.2. The monoisotopic (exact) mass is 425 g/mol. The predicted octanol–water partition coefficient (Wildman–Crippen LogP) is 4.63. The number of hydrogen-bond acceptors (Lipinski definition) is 5. The Labute approximate surface area is 174 Å². The van der Waals surface area contributed by atoms with E-state index in [-0.39, 0.29) is 23.0 Å². The van der Waals surface area contributed by atoms with Gasteiger partial charge in [-0.3, -0.25) is 14.2 Å². The summed E-state index contributed by atoms with van der Waals surface area (Å²) in [5, 5.41) is 4.99. The Morgan fingerprint density at radius 1 is 1.21 bits per heavy atom. The zero-order valence-electron chi connectivity index (χ0n) is 15.4. The van der Waals surface area contributed by atoms with Crippen molar-refractivity contribution >= 4 is 44.9 Å². The summed E-state index contributed by atoms with van der Waals surface area (Å²) in [4.78, 5) is 30.0. The second-order valence-electron chi connectivity index (χ2n) is 6.35. The normalized spacial score (nSPS) is 11.0. The summed E-state index contributed by atoms with van der Waals surface area (Å²) < 4.78 is 15.1. The molecule has 2 heterocycles. The molecule has 0 fully saturated rings. The summed E-state index contributed by atoms with van der Waals surface area (Å²) >= 11 is 2.53. The van der Waals surface area contributed by atoms with E-state index in [2.05, 4.69) is 10.3 Å². The van der Waals surface area contributed by atoms with Crippen molar-refractivity contribution in [2.24, 2.45) is 0 Å². The van der Waals surface area contributed by atoms with Gasteiger partial charge in [0, 0.05) is 5.69 Å². The molecule has 2 aromatic heterocycles. The highest BCUT2D eigenvalue weighted by Gasteiger charge is 2.16. The number of aryl methyl sites for hydroxylation is 1. The van der Waals surface area contributed by atoms with E-state index in [1.54, 1.807) is 10.6 Å². The molecule has 8 heteroatoms. The molecule has 2 aromatic carbocycles. The molecule has 146 valence electrons. The zero-order chi connectivity index (χ0) is 20.4. The zero-order valence-corrected chi connectivity index (χ0v) is 17.0. The van der Waals surface area contributed by atoms with Crippen LogP contribution in [-0.2, 0) is 4.79 Å². The lowest BCUT2D eigenvalue weighted by atomic mass is 10.2. The van der Waals surface area contributed by atoms with Gasteiger partial charge >= 0.3 is 0 Å². The van der Waals surface area contributed by atoms with Crippen LogP contribution in [0.15, 0.2) is 69.9 Å². The summed E-state index contributed by atoms with van der Waals surface area (Å²) in [5.41, 5.74) is 2.70. The van der Waals surface area contributed by atoms with E-state index in [1.807, 2.05) is 36.6 Å². The number of carbonyl (C=O) groups excluding carboxylic acids is 1. The number of thioether (sulfide) groups is 1. The van der Waals surface area contributed by atoms with Crippen LogP contribution in [0.1, 0.15) is 5.56 Å². The molecule has 0 aliphatic carbocycles. The summed E-state index contributed by atoms with van der Waals surface area (Å²) in [6.45, 7) is 1.95. The van der Waals surface area contributed by atoms with Crippen LogP contribution in [0.4, 0.5) is 10.1 Å². The SMILES string of the molecule is Cc1cccc(-n2c(SCC(=O)Nc3ccc(F)cc3)nc3ccsc3c2=O)c1. The largest absolute Gasteiger partial charge is 0.325 e. The fourth-order valence-electron chi connectivity index (χ4n) is 2.84. The molecule has 5 nitrogen and oxygen atoms in total. The third-order valence-electron chi connectivity index (χ3n) is 4.17. The van der Waals surface area contributed by atoms with E-state index in [4.69, 9.17) is 0 Å². The average molecular weight is 426 g/mol. The highest BCUT2D eigenvalue weighted by molar-refractivity contribution is 7.99. The maximum absolute atomic E-state index is 13.1. The Morgan fingerprint density at radius 3 is 2.76 bits per heavy atom. The number of nitrogens with zero attached hydrogens (tertiary/aromatic N) is 2. The lowest BCUT2D eigenvalue weighted by Gasteiger charge is -2.12. The number of anilines is 1. The fraction of sp³-hybridized carbons (Fsp3) is 0.0952. The van der Waals surface area contributed by atoms with Crippen LogP contribution in [0, 0.1) is 12.7 Å².